The summed E-state index contributed by atoms with van der Waals surface area (Å²) in [6.07, 6.45) is 1.97. The smallest absolute Gasteiger partial charge is 0.147 e. The Balaban J connectivity index is 1.12. The number of para-hydroxylation sites is 3. The van der Waals surface area contributed by atoms with Crippen LogP contribution in [-0.2, 0) is 5.41 Å². The van der Waals surface area contributed by atoms with Crippen molar-refractivity contribution in [3.8, 4) is 56.3 Å². The van der Waals surface area contributed by atoms with E-state index in [-0.39, 0.29) is 5.41 Å². The van der Waals surface area contributed by atoms with Crippen LogP contribution in [0.25, 0.3) is 111 Å². The summed E-state index contributed by atoms with van der Waals surface area (Å²) in [6, 6.07) is 61.8. The molecule has 324 valence electrons. The standard InChI is InChI=1S/C62H51N5/c1-37-32-38(2)56(39(3)33-37)45-30-31-63-60(40(45)4)67-53-26-15-14-22-47(53)48-29-28-42(36-55(48)67)46-23-16-27-54-59(46)65-61(66(54)44-20-12-9-13-21-44)50-35-43(41-18-10-8-11-19-41)34-49-57-51(62(5,6)7)24-17-25-52(57)64-58(49)50/h8-36,64H,1-7H3. The van der Waals surface area contributed by atoms with Crippen molar-refractivity contribution in [2.75, 3.05) is 0 Å². The number of H-pyrrole nitrogens is 1. The molecule has 12 aromatic rings. The maximum atomic E-state index is 5.77. The summed E-state index contributed by atoms with van der Waals surface area (Å²) in [6.45, 7) is 15.7. The van der Waals surface area contributed by atoms with Crippen LogP contribution < -0.4 is 0 Å². The number of imidazole rings is 1. The van der Waals surface area contributed by atoms with Gasteiger partial charge in [0, 0.05) is 55.6 Å². The van der Waals surface area contributed by atoms with Gasteiger partial charge in [0.25, 0.3) is 0 Å². The molecule has 12 rings (SSSR count). The normalized spacial score (nSPS) is 12.1. The molecular weight excluding hydrogens is 815 g/mol. The van der Waals surface area contributed by atoms with Crippen molar-refractivity contribution in [3.05, 3.63) is 204 Å². The molecule has 0 aliphatic rings. The Labute approximate surface area is 391 Å². The summed E-state index contributed by atoms with van der Waals surface area (Å²) in [5.74, 6) is 1.82. The van der Waals surface area contributed by atoms with Crippen LogP contribution in [0.5, 0.6) is 0 Å². The number of fused-ring (bicyclic) bond motifs is 7. The largest absolute Gasteiger partial charge is 0.354 e. The van der Waals surface area contributed by atoms with Crippen molar-refractivity contribution in [2.45, 2.75) is 53.9 Å². The molecule has 0 aliphatic carbocycles. The quantitative estimate of drug-likeness (QED) is 0.181. The van der Waals surface area contributed by atoms with Gasteiger partial charge in [-0.2, -0.15) is 0 Å². The number of aryl methyl sites for hydroxylation is 3. The molecule has 0 unspecified atom stereocenters. The lowest BCUT2D eigenvalue weighted by molar-refractivity contribution is 0.596. The molecule has 0 aliphatic heterocycles. The second-order valence-corrected chi connectivity index (χ2v) is 19.4. The molecule has 0 bridgehead atoms. The minimum Gasteiger partial charge on any atom is -0.354 e. The molecule has 4 aromatic heterocycles. The van der Waals surface area contributed by atoms with Gasteiger partial charge in [-0.15, -0.1) is 0 Å². The van der Waals surface area contributed by atoms with E-state index >= 15 is 0 Å². The topological polar surface area (TPSA) is 51.4 Å². The Hall–Kier alpha value is -8.02. The number of aromatic nitrogens is 5. The Kier molecular flexibility index (Phi) is 9.24. The fourth-order valence-electron chi connectivity index (χ4n) is 11.0. The second-order valence-electron chi connectivity index (χ2n) is 19.4. The third-order valence-corrected chi connectivity index (χ3v) is 13.9. The van der Waals surface area contributed by atoms with E-state index < -0.39 is 0 Å². The van der Waals surface area contributed by atoms with Gasteiger partial charge >= 0.3 is 0 Å². The van der Waals surface area contributed by atoms with Crippen LogP contribution in [0.3, 0.4) is 0 Å². The van der Waals surface area contributed by atoms with E-state index in [2.05, 4.69) is 232 Å². The maximum absolute atomic E-state index is 5.77. The van der Waals surface area contributed by atoms with Gasteiger partial charge in [0.15, 0.2) is 0 Å². The van der Waals surface area contributed by atoms with Crippen molar-refractivity contribution < 1.29 is 0 Å². The molecular formula is C62H51N5. The SMILES string of the molecule is Cc1cc(C)c(-c2ccnc(-n3c4ccccc4c4ccc(-c5cccc6c5nc(-c5cc(-c7ccccc7)cc7c5[nH]c5cccc(C(C)(C)C)c57)n6-c5ccccc5)cc43)c2C)c(C)c1. The number of pyridine rings is 1. The molecule has 8 aromatic carbocycles. The molecule has 0 saturated carbocycles. The van der Waals surface area contributed by atoms with Gasteiger partial charge in [-0.1, -0.05) is 142 Å². The highest BCUT2D eigenvalue weighted by Crippen LogP contribution is 2.44. The highest BCUT2D eigenvalue weighted by Gasteiger charge is 2.26. The Bertz CT molecular complexity index is 3910. The number of benzene rings is 8. The summed E-state index contributed by atoms with van der Waals surface area (Å²) in [7, 11) is 0. The van der Waals surface area contributed by atoms with Crippen LogP contribution in [0.2, 0.25) is 0 Å². The summed E-state index contributed by atoms with van der Waals surface area (Å²) < 4.78 is 4.72. The van der Waals surface area contributed by atoms with Crippen LogP contribution in [0.4, 0.5) is 0 Å². The number of rotatable bonds is 6. The van der Waals surface area contributed by atoms with Crippen LogP contribution in [0.1, 0.15) is 48.6 Å². The predicted octanol–water partition coefficient (Wildman–Crippen LogP) is 16.4. The second kappa shape index (κ2) is 15.3. The first-order chi connectivity index (χ1) is 32.5. The Morgan fingerprint density at radius 1 is 0.507 bits per heavy atom. The average molecular weight is 866 g/mol. The fourth-order valence-corrected chi connectivity index (χ4v) is 11.0. The first-order valence-corrected chi connectivity index (χ1v) is 23.3. The van der Waals surface area contributed by atoms with Crippen LogP contribution in [-0.4, -0.2) is 24.1 Å². The number of aromatic amines is 1. The lowest BCUT2D eigenvalue weighted by Crippen LogP contribution is -2.11. The van der Waals surface area contributed by atoms with E-state index in [1.54, 1.807) is 0 Å². The minimum absolute atomic E-state index is 0.0623. The highest BCUT2D eigenvalue weighted by molar-refractivity contribution is 6.15. The van der Waals surface area contributed by atoms with Crippen molar-refractivity contribution in [2.24, 2.45) is 0 Å². The molecule has 0 radical (unpaired) electrons. The summed E-state index contributed by atoms with van der Waals surface area (Å²) in [4.78, 5) is 14.8. The van der Waals surface area contributed by atoms with Gasteiger partial charge in [-0.05, 0) is 132 Å². The molecule has 0 amide bonds. The Morgan fingerprint density at radius 3 is 1.99 bits per heavy atom. The van der Waals surface area contributed by atoms with Crippen LogP contribution >= 0.6 is 0 Å². The number of hydrogen-bond donors (Lipinski definition) is 1. The van der Waals surface area contributed by atoms with E-state index in [0.717, 1.165) is 78.2 Å². The predicted molar refractivity (Wildman–Crippen MR) is 282 cm³/mol. The maximum Gasteiger partial charge on any atom is 0.147 e. The van der Waals surface area contributed by atoms with Gasteiger partial charge < -0.3 is 4.98 Å². The number of nitrogens with one attached hydrogen (secondary N) is 1. The Morgan fingerprint density at radius 2 is 1.21 bits per heavy atom. The minimum atomic E-state index is -0.0623. The summed E-state index contributed by atoms with van der Waals surface area (Å²) >= 11 is 0. The third kappa shape index (κ3) is 6.44. The zero-order valence-corrected chi connectivity index (χ0v) is 39.0. The summed E-state index contributed by atoms with van der Waals surface area (Å²) in [5, 5.41) is 4.84. The molecule has 0 spiro atoms. The lowest BCUT2D eigenvalue weighted by atomic mass is 9.84. The highest BCUT2D eigenvalue weighted by atomic mass is 15.1. The zero-order chi connectivity index (χ0) is 45.7. The van der Waals surface area contributed by atoms with Crippen LogP contribution in [0.15, 0.2) is 176 Å². The van der Waals surface area contributed by atoms with Crippen molar-refractivity contribution in [1.82, 2.24) is 24.1 Å². The van der Waals surface area contributed by atoms with Gasteiger partial charge in [0.2, 0.25) is 0 Å². The van der Waals surface area contributed by atoms with Gasteiger partial charge in [0.1, 0.15) is 11.6 Å². The van der Waals surface area contributed by atoms with Crippen molar-refractivity contribution in [3.63, 3.8) is 0 Å². The molecule has 1 N–H and O–H groups in total. The van der Waals surface area contributed by atoms with E-state index in [9.17, 15) is 0 Å². The molecule has 0 saturated heterocycles. The molecule has 0 atom stereocenters. The molecule has 67 heavy (non-hydrogen) atoms. The van der Waals surface area contributed by atoms with Gasteiger partial charge in [-0.3, -0.25) is 9.13 Å². The molecule has 4 heterocycles. The molecule has 5 nitrogen and oxygen atoms in total. The summed E-state index contributed by atoms with van der Waals surface area (Å²) in [5.41, 5.74) is 21.7. The average Bonchev–Trinajstić information content (AvgIpc) is 4.01. The first kappa shape index (κ1) is 40.5. The first-order valence-electron chi connectivity index (χ1n) is 23.3. The number of nitrogens with zero attached hydrogens (tertiary/aromatic N) is 4. The zero-order valence-electron chi connectivity index (χ0n) is 39.0. The van der Waals surface area contributed by atoms with E-state index in [4.69, 9.17) is 9.97 Å². The van der Waals surface area contributed by atoms with E-state index in [1.165, 1.54) is 60.5 Å². The van der Waals surface area contributed by atoms with Crippen molar-refractivity contribution >= 4 is 54.6 Å². The van der Waals surface area contributed by atoms with Gasteiger partial charge in [0.05, 0.1) is 27.6 Å². The fraction of sp³-hybridized carbons (Fsp3) is 0.129. The third-order valence-electron chi connectivity index (χ3n) is 13.9. The van der Waals surface area contributed by atoms with E-state index in [0.29, 0.717) is 0 Å². The monoisotopic (exact) mass is 865 g/mol. The lowest BCUT2D eigenvalue weighted by Gasteiger charge is -2.20. The van der Waals surface area contributed by atoms with Gasteiger partial charge in [-0.25, -0.2) is 9.97 Å². The van der Waals surface area contributed by atoms with Crippen molar-refractivity contribution in [1.29, 1.82) is 0 Å². The molecule has 0 fully saturated rings. The number of hydrogen-bond acceptors (Lipinski definition) is 2. The van der Waals surface area contributed by atoms with Crippen LogP contribution in [0, 0.1) is 27.7 Å². The molecule has 5 heteroatoms. The van der Waals surface area contributed by atoms with E-state index in [1.807, 2.05) is 6.20 Å².